The highest BCUT2D eigenvalue weighted by Gasteiger charge is 2.54. The van der Waals surface area contributed by atoms with Crippen molar-refractivity contribution in [1.82, 2.24) is 14.7 Å². The second kappa shape index (κ2) is 8.45. The van der Waals surface area contributed by atoms with E-state index in [4.69, 9.17) is 0 Å². The summed E-state index contributed by atoms with van der Waals surface area (Å²) < 4.78 is 27.0. The molecule has 168 valence electrons. The number of anilines is 1. The molecule has 0 bridgehead atoms. The van der Waals surface area contributed by atoms with Crippen molar-refractivity contribution in [2.75, 3.05) is 51.2 Å². The Morgan fingerprint density at radius 3 is 1.93 bits per heavy atom. The van der Waals surface area contributed by atoms with Gasteiger partial charge in [-0.05, 0) is 82.9 Å². The number of hydrogen-bond donors (Lipinski definition) is 2. The van der Waals surface area contributed by atoms with E-state index in [-0.39, 0.29) is 12.8 Å². The van der Waals surface area contributed by atoms with E-state index in [0.29, 0.717) is 39.3 Å². The number of aryl methyl sites for hydroxylation is 2. The fourth-order valence-corrected chi connectivity index (χ4v) is 6.87. The van der Waals surface area contributed by atoms with Crippen LogP contribution in [-0.2, 0) is 14.8 Å². The standard InChI is InChI=1S/C21H34N4O4S/c1-15-14-16(2)18(4)19(17(15)3)24-10-12-25(13-11-24)30(28,29)21(20(26)22-27)6-8-23(5)9-7-21/h14,27H,6-13H2,1-5H3,(H,22,26). The first-order valence-corrected chi connectivity index (χ1v) is 11.9. The van der Waals surface area contributed by atoms with Crippen molar-refractivity contribution in [3.05, 3.63) is 28.3 Å². The zero-order valence-electron chi connectivity index (χ0n) is 18.7. The molecule has 30 heavy (non-hydrogen) atoms. The lowest BCUT2D eigenvalue weighted by molar-refractivity contribution is -0.133. The molecule has 0 saturated carbocycles. The quantitative estimate of drug-likeness (QED) is 0.544. The third kappa shape index (κ3) is 3.72. The molecule has 1 aromatic carbocycles. The van der Waals surface area contributed by atoms with Gasteiger partial charge in [0.1, 0.15) is 0 Å². The van der Waals surface area contributed by atoms with Crippen LogP contribution in [0.15, 0.2) is 6.07 Å². The van der Waals surface area contributed by atoms with Crippen LogP contribution in [-0.4, -0.2) is 79.8 Å². The number of rotatable bonds is 4. The van der Waals surface area contributed by atoms with Gasteiger partial charge in [0.15, 0.2) is 4.75 Å². The normalized spacial score (nSPS) is 20.9. The molecule has 3 rings (SSSR count). The number of likely N-dealkylation sites (tertiary alicyclic amines) is 1. The van der Waals surface area contributed by atoms with Crippen LogP contribution in [0.3, 0.4) is 0 Å². The molecule has 8 nitrogen and oxygen atoms in total. The molecule has 2 fully saturated rings. The number of nitrogens with one attached hydrogen (secondary N) is 1. The molecule has 0 unspecified atom stereocenters. The predicted molar refractivity (Wildman–Crippen MR) is 117 cm³/mol. The van der Waals surface area contributed by atoms with Crippen molar-refractivity contribution in [3.63, 3.8) is 0 Å². The van der Waals surface area contributed by atoms with Crippen molar-refractivity contribution in [2.45, 2.75) is 45.3 Å². The van der Waals surface area contributed by atoms with E-state index in [1.807, 2.05) is 11.9 Å². The van der Waals surface area contributed by atoms with Gasteiger partial charge >= 0.3 is 0 Å². The molecule has 1 aromatic rings. The molecule has 0 spiro atoms. The number of amides is 1. The van der Waals surface area contributed by atoms with E-state index in [9.17, 15) is 18.4 Å². The summed E-state index contributed by atoms with van der Waals surface area (Å²) in [6, 6.07) is 2.19. The summed E-state index contributed by atoms with van der Waals surface area (Å²) in [6.45, 7) is 11.2. The number of benzene rings is 1. The Kier molecular flexibility index (Phi) is 6.48. The van der Waals surface area contributed by atoms with E-state index in [0.717, 1.165) is 0 Å². The topological polar surface area (TPSA) is 93.2 Å². The minimum atomic E-state index is -3.92. The van der Waals surface area contributed by atoms with Crippen LogP contribution >= 0.6 is 0 Å². The fraction of sp³-hybridized carbons (Fsp3) is 0.667. The van der Waals surface area contributed by atoms with Gasteiger partial charge in [0, 0.05) is 31.9 Å². The maximum atomic E-state index is 13.6. The first kappa shape index (κ1) is 23.0. The number of hydroxylamine groups is 1. The van der Waals surface area contributed by atoms with Gasteiger partial charge in [-0.3, -0.25) is 10.0 Å². The lowest BCUT2D eigenvalue weighted by Crippen LogP contribution is -2.63. The largest absolute Gasteiger partial charge is 0.368 e. The van der Waals surface area contributed by atoms with Gasteiger partial charge in [0.2, 0.25) is 10.0 Å². The van der Waals surface area contributed by atoms with E-state index >= 15 is 0 Å². The van der Waals surface area contributed by atoms with Crippen molar-refractivity contribution in [2.24, 2.45) is 0 Å². The average molecular weight is 439 g/mol. The van der Waals surface area contributed by atoms with Gasteiger partial charge in [-0.15, -0.1) is 0 Å². The maximum Gasteiger partial charge on any atom is 0.266 e. The van der Waals surface area contributed by atoms with E-state index in [1.54, 1.807) is 5.48 Å². The molecule has 2 heterocycles. The first-order chi connectivity index (χ1) is 14.0. The Morgan fingerprint density at radius 1 is 0.967 bits per heavy atom. The van der Waals surface area contributed by atoms with Crippen LogP contribution in [0.2, 0.25) is 0 Å². The van der Waals surface area contributed by atoms with E-state index < -0.39 is 20.7 Å². The molecule has 2 N–H and O–H groups in total. The summed E-state index contributed by atoms with van der Waals surface area (Å²) in [7, 11) is -2.01. The summed E-state index contributed by atoms with van der Waals surface area (Å²) >= 11 is 0. The van der Waals surface area contributed by atoms with E-state index in [2.05, 4.69) is 38.7 Å². The summed E-state index contributed by atoms with van der Waals surface area (Å²) in [5.41, 5.74) is 7.72. The van der Waals surface area contributed by atoms with Crippen molar-refractivity contribution >= 4 is 21.6 Å². The number of sulfonamides is 1. The number of piperidine rings is 1. The Morgan fingerprint density at radius 2 is 1.47 bits per heavy atom. The van der Waals surface area contributed by atoms with Crippen molar-refractivity contribution in [3.8, 4) is 0 Å². The minimum Gasteiger partial charge on any atom is -0.368 e. The Hall–Kier alpha value is -1.68. The Balaban J connectivity index is 1.84. The van der Waals surface area contributed by atoms with Crippen LogP contribution in [0.25, 0.3) is 0 Å². The highest BCUT2D eigenvalue weighted by Crippen LogP contribution is 2.35. The predicted octanol–water partition coefficient (Wildman–Crippen LogP) is 1.34. The second-order valence-corrected chi connectivity index (χ2v) is 11.0. The Labute approximate surface area is 179 Å². The van der Waals surface area contributed by atoms with Gasteiger partial charge in [0.25, 0.3) is 5.91 Å². The highest BCUT2D eigenvalue weighted by atomic mass is 32.2. The van der Waals surface area contributed by atoms with Gasteiger partial charge in [0.05, 0.1) is 0 Å². The summed E-state index contributed by atoms with van der Waals surface area (Å²) in [5, 5.41) is 9.28. The van der Waals surface area contributed by atoms with Crippen LogP contribution in [0, 0.1) is 27.7 Å². The van der Waals surface area contributed by atoms with E-state index in [1.165, 1.54) is 32.2 Å². The molecule has 2 saturated heterocycles. The summed E-state index contributed by atoms with van der Waals surface area (Å²) in [6.07, 6.45) is 0.349. The molecule has 0 atom stereocenters. The van der Waals surface area contributed by atoms with Crippen LogP contribution in [0.1, 0.15) is 35.1 Å². The molecule has 0 aromatic heterocycles. The van der Waals surface area contributed by atoms with Crippen LogP contribution in [0.5, 0.6) is 0 Å². The minimum absolute atomic E-state index is 0.174. The van der Waals surface area contributed by atoms with Crippen molar-refractivity contribution < 1.29 is 18.4 Å². The molecule has 2 aliphatic heterocycles. The van der Waals surface area contributed by atoms with Crippen LogP contribution in [0.4, 0.5) is 5.69 Å². The number of carbonyl (C=O) groups is 1. The van der Waals surface area contributed by atoms with Crippen molar-refractivity contribution in [1.29, 1.82) is 0 Å². The summed E-state index contributed by atoms with van der Waals surface area (Å²) in [4.78, 5) is 16.8. The van der Waals surface area contributed by atoms with Gasteiger partial charge in [-0.1, -0.05) is 6.07 Å². The SMILES string of the molecule is Cc1cc(C)c(C)c(N2CCN(S(=O)(=O)C3(C(=O)NO)CCN(C)CC3)CC2)c1C. The molecule has 0 radical (unpaired) electrons. The van der Waals surface area contributed by atoms with Gasteiger partial charge < -0.3 is 9.80 Å². The van der Waals surface area contributed by atoms with Gasteiger partial charge in [-0.2, -0.15) is 4.31 Å². The molecule has 0 aliphatic carbocycles. The third-order valence-electron chi connectivity index (χ3n) is 7.03. The Bertz CT molecular complexity index is 889. The number of hydrogen-bond acceptors (Lipinski definition) is 6. The molecule has 9 heteroatoms. The molecule has 2 aliphatic rings. The second-order valence-electron chi connectivity index (χ2n) is 8.74. The number of carbonyl (C=O) groups excluding carboxylic acids is 1. The maximum absolute atomic E-state index is 13.6. The highest BCUT2D eigenvalue weighted by molar-refractivity contribution is 7.91. The number of nitrogens with zero attached hydrogens (tertiary/aromatic N) is 3. The number of piperazine rings is 1. The first-order valence-electron chi connectivity index (χ1n) is 10.5. The molecule has 1 amide bonds. The molecular weight excluding hydrogens is 404 g/mol. The van der Waals surface area contributed by atoms with Crippen LogP contribution < -0.4 is 10.4 Å². The zero-order chi connectivity index (χ0) is 22.3. The lowest BCUT2D eigenvalue weighted by atomic mass is 9.95. The lowest BCUT2D eigenvalue weighted by Gasteiger charge is -2.44. The average Bonchev–Trinajstić information content (AvgIpc) is 2.73. The fourth-order valence-electron chi connectivity index (χ4n) is 4.75. The van der Waals surface area contributed by atoms with Gasteiger partial charge in [-0.25, -0.2) is 13.9 Å². The molecular formula is C21H34N4O4S. The monoisotopic (exact) mass is 438 g/mol. The zero-order valence-corrected chi connectivity index (χ0v) is 19.5. The smallest absolute Gasteiger partial charge is 0.266 e. The third-order valence-corrected chi connectivity index (χ3v) is 9.65. The summed E-state index contributed by atoms with van der Waals surface area (Å²) in [5.74, 6) is -0.820.